The van der Waals surface area contributed by atoms with Gasteiger partial charge in [0.05, 0.1) is 23.3 Å². The monoisotopic (exact) mass is 286 g/mol. The van der Waals surface area contributed by atoms with Gasteiger partial charge in [-0.05, 0) is 25.1 Å². The van der Waals surface area contributed by atoms with Crippen LogP contribution in [0.15, 0.2) is 36.7 Å². The molecule has 0 saturated heterocycles. The summed E-state index contributed by atoms with van der Waals surface area (Å²) >= 11 is 1.75. The Kier molecular flexibility index (Phi) is 4.08. The predicted molar refractivity (Wildman–Crippen MR) is 82.9 cm³/mol. The summed E-state index contributed by atoms with van der Waals surface area (Å²) < 4.78 is 3.41. The largest absolute Gasteiger partial charge is 0.327 e. The van der Waals surface area contributed by atoms with Crippen LogP contribution in [-0.2, 0) is 13.1 Å². The molecule has 4 nitrogen and oxygen atoms in total. The first-order valence-corrected chi connectivity index (χ1v) is 7.73. The number of fused-ring (bicyclic) bond motifs is 1. The summed E-state index contributed by atoms with van der Waals surface area (Å²) in [5, 5.41) is 4.52. The Bertz CT molecular complexity index is 653. The molecule has 0 fully saturated rings. The van der Waals surface area contributed by atoms with Crippen molar-refractivity contribution in [3.05, 3.63) is 47.5 Å². The SMILES string of the molecule is CCCNCc1nccn1Cc1nc2ccccc2s1. The van der Waals surface area contributed by atoms with Gasteiger partial charge in [-0.25, -0.2) is 9.97 Å². The van der Waals surface area contributed by atoms with E-state index in [0.717, 1.165) is 42.4 Å². The van der Waals surface area contributed by atoms with Crippen LogP contribution in [0.25, 0.3) is 10.2 Å². The second kappa shape index (κ2) is 6.15. The summed E-state index contributed by atoms with van der Waals surface area (Å²) in [6.45, 7) is 4.79. The van der Waals surface area contributed by atoms with E-state index in [9.17, 15) is 0 Å². The lowest BCUT2D eigenvalue weighted by molar-refractivity contribution is 0.615. The number of nitrogens with one attached hydrogen (secondary N) is 1. The van der Waals surface area contributed by atoms with Gasteiger partial charge in [-0.15, -0.1) is 11.3 Å². The minimum absolute atomic E-state index is 0.794. The van der Waals surface area contributed by atoms with Crippen LogP contribution in [0.2, 0.25) is 0 Å². The summed E-state index contributed by atoms with van der Waals surface area (Å²) in [6, 6.07) is 8.27. The molecule has 3 aromatic rings. The van der Waals surface area contributed by atoms with Crippen molar-refractivity contribution < 1.29 is 0 Å². The second-order valence-electron chi connectivity index (χ2n) is 4.72. The number of benzene rings is 1. The van der Waals surface area contributed by atoms with Crippen LogP contribution in [0.4, 0.5) is 0 Å². The van der Waals surface area contributed by atoms with Gasteiger partial charge in [-0.3, -0.25) is 0 Å². The Labute approximate surface area is 122 Å². The molecule has 2 heterocycles. The van der Waals surface area contributed by atoms with Gasteiger partial charge in [-0.1, -0.05) is 19.1 Å². The zero-order valence-corrected chi connectivity index (χ0v) is 12.4. The van der Waals surface area contributed by atoms with E-state index in [2.05, 4.69) is 45.0 Å². The first-order chi connectivity index (χ1) is 9.86. The van der Waals surface area contributed by atoms with E-state index in [4.69, 9.17) is 0 Å². The highest BCUT2D eigenvalue weighted by atomic mass is 32.1. The highest BCUT2D eigenvalue weighted by Gasteiger charge is 2.07. The Balaban J connectivity index is 1.75. The number of hydrogen-bond acceptors (Lipinski definition) is 4. The molecule has 0 aliphatic carbocycles. The highest BCUT2D eigenvalue weighted by Crippen LogP contribution is 2.22. The molecule has 1 aromatic carbocycles. The maximum absolute atomic E-state index is 4.67. The third kappa shape index (κ3) is 2.89. The van der Waals surface area contributed by atoms with Crippen molar-refractivity contribution in [2.45, 2.75) is 26.4 Å². The van der Waals surface area contributed by atoms with Gasteiger partial charge in [-0.2, -0.15) is 0 Å². The van der Waals surface area contributed by atoms with Gasteiger partial charge in [0.15, 0.2) is 0 Å². The molecule has 20 heavy (non-hydrogen) atoms. The van der Waals surface area contributed by atoms with Gasteiger partial charge < -0.3 is 9.88 Å². The fourth-order valence-electron chi connectivity index (χ4n) is 2.16. The Morgan fingerprint density at radius 1 is 1.30 bits per heavy atom. The maximum Gasteiger partial charge on any atom is 0.123 e. The van der Waals surface area contributed by atoms with Crippen LogP contribution < -0.4 is 5.32 Å². The van der Waals surface area contributed by atoms with Crippen LogP contribution in [0.5, 0.6) is 0 Å². The lowest BCUT2D eigenvalue weighted by atomic mass is 10.3. The van der Waals surface area contributed by atoms with Crippen molar-refractivity contribution in [1.82, 2.24) is 19.9 Å². The van der Waals surface area contributed by atoms with Gasteiger partial charge in [0.1, 0.15) is 10.8 Å². The quantitative estimate of drug-likeness (QED) is 0.708. The first-order valence-electron chi connectivity index (χ1n) is 6.92. The highest BCUT2D eigenvalue weighted by molar-refractivity contribution is 7.18. The van der Waals surface area contributed by atoms with Gasteiger partial charge in [0, 0.05) is 12.4 Å². The van der Waals surface area contributed by atoms with Crippen molar-refractivity contribution in [2.24, 2.45) is 0 Å². The van der Waals surface area contributed by atoms with Crippen molar-refractivity contribution in [1.29, 1.82) is 0 Å². The van der Waals surface area contributed by atoms with E-state index in [1.807, 2.05) is 18.5 Å². The summed E-state index contributed by atoms with van der Waals surface area (Å²) in [5.74, 6) is 1.07. The van der Waals surface area contributed by atoms with Crippen molar-refractivity contribution in [3.8, 4) is 0 Å². The van der Waals surface area contributed by atoms with Gasteiger partial charge in [0.2, 0.25) is 0 Å². The average molecular weight is 286 g/mol. The van der Waals surface area contributed by atoms with E-state index in [-0.39, 0.29) is 0 Å². The van der Waals surface area contributed by atoms with Crippen LogP contribution in [-0.4, -0.2) is 21.1 Å². The summed E-state index contributed by atoms with van der Waals surface area (Å²) in [6.07, 6.45) is 5.02. The number of thiazole rings is 1. The van der Waals surface area contributed by atoms with E-state index >= 15 is 0 Å². The third-order valence-electron chi connectivity index (χ3n) is 3.16. The number of rotatable bonds is 6. The Morgan fingerprint density at radius 2 is 2.20 bits per heavy atom. The fourth-order valence-corrected chi connectivity index (χ4v) is 3.13. The third-order valence-corrected chi connectivity index (χ3v) is 4.18. The summed E-state index contributed by atoms with van der Waals surface area (Å²) in [5.41, 5.74) is 1.08. The van der Waals surface area contributed by atoms with Crippen molar-refractivity contribution in [2.75, 3.05) is 6.54 Å². The molecule has 0 spiro atoms. The van der Waals surface area contributed by atoms with Crippen molar-refractivity contribution >= 4 is 21.6 Å². The molecule has 0 aliphatic heterocycles. The minimum Gasteiger partial charge on any atom is -0.327 e. The first kappa shape index (κ1) is 13.3. The predicted octanol–water partition coefficient (Wildman–Crippen LogP) is 3.04. The molecule has 104 valence electrons. The smallest absolute Gasteiger partial charge is 0.123 e. The van der Waals surface area contributed by atoms with Crippen LogP contribution >= 0.6 is 11.3 Å². The van der Waals surface area contributed by atoms with Gasteiger partial charge >= 0.3 is 0 Å². The molecule has 0 aliphatic rings. The minimum atomic E-state index is 0.794. The molecule has 0 saturated carbocycles. The number of imidazole rings is 1. The van der Waals surface area contributed by atoms with E-state index < -0.39 is 0 Å². The molecule has 3 rings (SSSR count). The van der Waals surface area contributed by atoms with Crippen LogP contribution in [0.1, 0.15) is 24.2 Å². The number of aromatic nitrogens is 3. The molecule has 0 atom stereocenters. The number of para-hydroxylation sites is 1. The molecular formula is C15H18N4S. The molecule has 1 N–H and O–H groups in total. The molecular weight excluding hydrogens is 268 g/mol. The molecule has 0 amide bonds. The molecule has 0 unspecified atom stereocenters. The summed E-state index contributed by atoms with van der Waals surface area (Å²) in [4.78, 5) is 9.09. The maximum atomic E-state index is 4.67. The van der Waals surface area contributed by atoms with Gasteiger partial charge in [0.25, 0.3) is 0 Å². The normalized spacial score (nSPS) is 11.2. The lowest BCUT2D eigenvalue weighted by Crippen LogP contribution is -2.17. The Morgan fingerprint density at radius 3 is 3.05 bits per heavy atom. The fraction of sp³-hybridized carbons (Fsp3) is 0.333. The molecule has 0 radical (unpaired) electrons. The van der Waals surface area contributed by atoms with Crippen LogP contribution in [0.3, 0.4) is 0 Å². The zero-order valence-electron chi connectivity index (χ0n) is 11.5. The van der Waals surface area contributed by atoms with Crippen LogP contribution in [0, 0.1) is 0 Å². The van der Waals surface area contributed by atoms with E-state index in [0.29, 0.717) is 0 Å². The molecule has 0 bridgehead atoms. The van der Waals surface area contributed by atoms with E-state index in [1.165, 1.54) is 4.70 Å². The Hall–Kier alpha value is -1.72. The number of nitrogens with zero attached hydrogens (tertiary/aromatic N) is 3. The lowest BCUT2D eigenvalue weighted by Gasteiger charge is -2.06. The molecule has 5 heteroatoms. The van der Waals surface area contributed by atoms with Crippen molar-refractivity contribution in [3.63, 3.8) is 0 Å². The second-order valence-corrected chi connectivity index (χ2v) is 5.84. The molecule has 2 aromatic heterocycles. The van der Waals surface area contributed by atoms with E-state index in [1.54, 1.807) is 11.3 Å². The number of hydrogen-bond donors (Lipinski definition) is 1. The zero-order chi connectivity index (χ0) is 13.8. The average Bonchev–Trinajstić information content (AvgIpc) is 3.06. The summed E-state index contributed by atoms with van der Waals surface area (Å²) in [7, 11) is 0. The standard InChI is InChI=1S/C15H18N4S/c1-2-7-16-10-14-17-8-9-19(14)11-15-18-12-5-3-4-6-13(12)20-15/h3-6,8-9,16H,2,7,10-11H2,1H3. The topological polar surface area (TPSA) is 42.7 Å².